The maximum absolute atomic E-state index is 11.7. The fourth-order valence-electron chi connectivity index (χ4n) is 2.05. The Bertz CT molecular complexity index is 232. The van der Waals surface area contributed by atoms with Crippen molar-refractivity contribution in [3.63, 3.8) is 0 Å². The largest absolute Gasteiger partial charge is 0.460 e. The van der Waals surface area contributed by atoms with Crippen LogP contribution in [-0.4, -0.2) is 22.3 Å². The van der Waals surface area contributed by atoms with Crippen molar-refractivity contribution in [2.75, 3.05) is 0 Å². The molecule has 0 aromatic carbocycles. The summed E-state index contributed by atoms with van der Waals surface area (Å²) in [5.74, 6) is -0.208. The standard InChI is InChI=1S/C14H28O3/c1-6-9-13(3,4)17-12(15)8-11-14(5,16)10-7-2/h16H,6-11H2,1-5H3. The first kappa shape index (κ1) is 16.4. The fourth-order valence-corrected chi connectivity index (χ4v) is 2.05. The van der Waals surface area contributed by atoms with Crippen molar-refractivity contribution in [1.82, 2.24) is 0 Å². The molecule has 102 valence electrons. The predicted molar refractivity (Wildman–Crippen MR) is 69.8 cm³/mol. The molecule has 0 radical (unpaired) electrons. The minimum Gasteiger partial charge on any atom is -0.460 e. The maximum Gasteiger partial charge on any atom is 0.306 e. The summed E-state index contributed by atoms with van der Waals surface area (Å²) in [6.07, 6.45) is 4.27. The smallest absolute Gasteiger partial charge is 0.306 e. The van der Waals surface area contributed by atoms with Gasteiger partial charge < -0.3 is 9.84 Å². The molecule has 3 heteroatoms. The zero-order valence-electron chi connectivity index (χ0n) is 12.0. The highest BCUT2D eigenvalue weighted by Crippen LogP contribution is 2.21. The summed E-state index contributed by atoms with van der Waals surface area (Å²) in [5, 5.41) is 9.96. The Morgan fingerprint density at radius 2 is 1.59 bits per heavy atom. The number of carbonyl (C=O) groups excluding carboxylic acids is 1. The number of aliphatic hydroxyl groups is 1. The first-order chi connectivity index (χ1) is 7.72. The Kier molecular flexibility index (Phi) is 6.76. The molecule has 0 spiro atoms. The fraction of sp³-hybridized carbons (Fsp3) is 0.929. The number of hydrogen-bond donors (Lipinski definition) is 1. The first-order valence-corrected chi connectivity index (χ1v) is 6.66. The minimum absolute atomic E-state index is 0.208. The van der Waals surface area contributed by atoms with E-state index in [0.29, 0.717) is 12.8 Å². The van der Waals surface area contributed by atoms with Gasteiger partial charge in [-0.3, -0.25) is 4.79 Å². The number of esters is 1. The van der Waals surface area contributed by atoms with Crippen LogP contribution in [0.1, 0.15) is 73.1 Å². The molecule has 0 saturated heterocycles. The van der Waals surface area contributed by atoms with Gasteiger partial charge in [0.15, 0.2) is 0 Å². The van der Waals surface area contributed by atoms with E-state index >= 15 is 0 Å². The van der Waals surface area contributed by atoms with Gasteiger partial charge >= 0.3 is 5.97 Å². The van der Waals surface area contributed by atoms with Crippen molar-refractivity contribution in [1.29, 1.82) is 0 Å². The van der Waals surface area contributed by atoms with Gasteiger partial charge in [-0.1, -0.05) is 26.7 Å². The van der Waals surface area contributed by atoms with Crippen molar-refractivity contribution in [3.05, 3.63) is 0 Å². The van der Waals surface area contributed by atoms with Crippen LogP contribution < -0.4 is 0 Å². The normalized spacial score (nSPS) is 15.4. The zero-order valence-corrected chi connectivity index (χ0v) is 12.0. The summed E-state index contributed by atoms with van der Waals surface area (Å²) in [6.45, 7) is 9.73. The molecule has 1 atom stereocenters. The number of hydrogen-bond acceptors (Lipinski definition) is 3. The Morgan fingerprint density at radius 3 is 2.06 bits per heavy atom. The van der Waals surface area contributed by atoms with Crippen LogP contribution in [0.15, 0.2) is 0 Å². The molecule has 0 heterocycles. The molecule has 0 aliphatic carbocycles. The maximum atomic E-state index is 11.7. The average Bonchev–Trinajstić information content (AvgIpc) is 2.14. The van der Waals surface area contributed by atoms with Crippen molar-refractivity contribution in [2.45, 2.75) is 84.3 Å². The van der Waals surface area contributed by atoms with E-state index in [1.54, 1.807) is 6.92 Å². The second-order valence-corrected chi connectivity index (χ2v) is 5.73. The van der Waals surface area contributed by atoms with Gasteiger partial charge in [-0.2, -0.15) is 0 Å². The second-order valence-electron chi connectivity index (χ2n) is 5.73. The van der Waals surface area contributed by atoms with Crippen molar-refractivity contribution in [2.24, 2.45) is 0 Å². The van der Waals surface area contributed by atoms with E-state index in [1.807, 2.05) is 20.8 Å². The predicted octanol–water partition coefficient (Wildman–Crippen LogP) is 3.44. The first-order valence-electron chi connectivity index (χ1n) is 6.66. The van der Waals surface area contributed by atoms with Gasteiger partial charge in [-0.05, 0) is 40.0 Å². The van der Waals surface area contributed by atoms with Crippen molar-refractivity contribution in [3.8, 4) is 0 Å². The van der Waals surface area contributed by atoms with Crippen LogP contribution in [0.2, 0.25) is 0 Å². The Hall–Kier alpha value is -0.570. The quantitative estimate of drug-likeness (QED) is 0.665. The van der Waals surface area contributed by atoms with E-state index in [0.717, 1.165) is 25.7 Å². The number of rotatable bonds is 8. The Labute approximate surface area is 106 Å². The van der Waals surface area contributed by atoms with Gasteiger partial charge in [0.2, 0.25) is 0 Å². The zero-order chi connectivity index (χ0) is 13.5. The molecule has 0 fully saturated rings. The lowest BCUT2D eigenvalue weighted by atomic mass is 9.95. The lowest BCUT2D eigenvalue weighted by molar-refractivity contribution is -0.158. The topological polar surface area (TPSA) is 46.5 Å². The van der Waals surface area contributed by atoms with Crippen LogP contribution in [0.5, 0.6) is 0 Å². The van der Waals surface area contributed by atoms with E-state index in [1.165, 1.54) is 0 Å². The highest BCUT2D eigenvalue weighted by Gasteiger charge is 2.25. The molecule has 1 N–H and O–H groups in total. The van der Waals surface area contributed by atoms with Gasteiger partial charge in [0.1, 0.15) is 5.60 Å². The van der Waals surface area contributed by atoms with Gasteiger partial charge in [-0.25, -0.2) is 0 Å². The number of carbonyl (C=O) groups is 1. The van der Waals surface area contributed by atoms with Gasteiger partial charge in [0.25, 0.3) is 0 Å². The third-order valence-electron chi connectivity index (χ3n) is 2.90. The average molecular weight is 244 g/mol. The van der Waals surface area contributed by atoms with Gasteiger partial charge in [0, 0.05) is 6.42 Å². The monoisotopic (exact) mass is 244 g/mol. The second kappa shape index (κ2) is 7.00. The summed E-state index contributed by atoms with van der Waals surface area (Å²) in [7, 11) is 0. The molecule has 0 rings (SSSR count). The third-order valence-corrected chi connectivity index (χ3v) is 2.90. The van der Waals surface area contributed by atoms with Crippen LogP contribution >= 0.6 is 0 Å². The highest BCUT2D eigenvalue weighted by atomic mass is 16.6. The molecule has 0 amide bonds. The van der Waals surface area contributed by atoms with Crippen LogP contribution in [0, 0.1) is 0 Å². The lowest BCUT2D eigenvalue weighted by Gasteiger charge is -2.26. The molecule has 1 unspecified atom stereocenters. The molecule has 17 heavy (non-hydrogen) atoms. The van der Waals surface area contributed by atoms with Crippen molar-refractivity contribution < 1.29 is 14.6 Å². The SMILES string of the molecule is CCCC(C)(O)CCC(=O)OC(C)(C)CCC. The summed E-state index contributed by atoms with van der Waals surface area (Å²) in [5.41, 5.74) is -1.13. The van der Waals surface area contributed by atoms with E-state index in [-0.39, 0.29) is 11.6 Å². The molecule has 0 aromatic rings. The molecule has 0 bridgehead atoms. The van der Waals surface area contributed by atoms with E-state index in [2.05, 4.69) is 6.92 Å². The Morgan fingerprint density at radius 1 is 1.06 bits per heavy atom. The van der Waals surface area contributed by atoms with Crippen LogP contribution in [0.3, 0.4) is 0 Å². The summed E-state index contributed by atoms with van der Waals surface area (Å²) in [6, 6.07) is 0. The summed E-state index contributed by atoms with van der Waals surface area (Å²) in [4.78, 5) is 11.7. The molecule has 0 aliphatic rings. The molecular formula is C14H28O3. The number of ether oxygens (including phenoxy) is 1. The molecule has 0 aliphatic heterocycles. The van der Waals surface area contributed by atoms with E-state index < -0.39 is 5.60 Å². The molecule has 0 aromatic heterocycles. The van der Waals surface area contributed by atoms with E-state index in [4.69, 9.17) is 4.74 Å². The third kappa shape index (κ3) is 8.19. The van der Waals surface area contributed by atoms with Gasteiger partial charge in [0.05, 0.1) is 5.60 Å². The summed E-state index contributed by atoms with van der Waals surface area (Å²) >= 11 is 0. The van der Waals surface area contributed by atoms with Crippen LogP contribution in [-0.2, 0) is 9.53 Å². The highest BCUT2D eigenvalue weighted by molar-refractivity contribution is 5.69. The minimum atomic E-state index is -0.747. The molecular weight excluding hydrogens is 216 g/mol. The van der Waals surface area contributed by atoms with Crippen LogP contribution in [0.4, 0.5) is 0 Å². The molecule has 3 nitrogen and oxygen atoms in total. The molecule has 0 saturated carbocycles. The Balaban J connectivity index is 4.03. The van der Waals surface area contributed by atoms with Crippen LogP contribution in [0.25, 0.3) is 0 Å². The van der Waals surface area contributed by atoms with E-state index in [9.17, 15) is 9.90 Å². The van der Waals surface area contributed by atoms with Crippen molar-refractivity contribution >= 4 is 5.97 Å². The lowest BCUT2D eigenvalue weighted by Crippen LogP contribution is -2.30. The summed E-state index contributed by atoms with van der Waals surface area (Å²) < 4.78 is 5.40. The van der Waals surface area contributed by atoms with Gasteiger partial charge in [-0.15, -0.1) is 0 Å².